The smallest absolute Gasteiger partial charge is 0.272 e. The number of carbonyl (C=O) groups excluding carboxylic acids is 1. The molecule has 20 heavy (non-hydrogen) atoms. The van der Waals surface area contributed by atoms with Crippen molar-refractivity contribution >= 4 is 5.91 Å². The minimum atomic E-state index is -0.123. The molecule has 0 aromatic carbocycles. The van der Waals surface area contributed by atoms with E-state index in [1.54, 1.807) is 23.2 Å². The minimum absolute atomic E-state index is 0.00575. The lowest BCUT2D eigenvalue weighted by Gasteiger charge is -2.34. The van der Waals surface area contributed by atoms with Crippen LogP contribution in [-0.2, 0) is 0 Å². The molecule has 1 aliphatic rings. The molecule has 1 aromatic rings. The Labute approximate surface area is 118 Å². The number of likely N-dealkylation sites (tertiary alicyclic amines) is 1. The highest BCUT2D eigenvalue weighted by Crippen LogP contribution is 2.18. The Morgan fingerprint density at radius 2 is 2.35 bits per heavy atom. The summed E-state index contributed by atoms with van der Waals surface area (Å²) in [6.45, 7) is 0.985. The molecule has 1 saturated heterocycles. The van der Waals surface area contributed by atoms with Gasteiger partial charge < -0.3 is 15.7 Å². The summed E-state index contributed by atoms with van der Waals surface area (Å²) in [5.74, 6) is 5.49. The second-order valence-electron chi connectivity index (χ2n) is 4.77. The summed E-state index contributed by atoms with van der Waals surface area (Å²) in [5, 5.41) is 9.35. The number of hydrogen-bond acceptors (Lipinski definition) is 4. The van der Waals surface area contributed by atoms with E-state index in [1.807, 2.05) is 0 Å². The van der Waals surface area contributed by atoms with Crippen molar-refractivity contribution in [3.63, 3.8) is 0 Å². The quantitative estimate of drug-likeness (QED) is 0.763. The Bertz CT molecular complexity index is 516. The first-order chi connectivity index (χ1) is 9.76. The van der Waals surface area contributed by atoms with Crippen molar-refractivity contribution < 1.29 is 9.90 Å². The van der Waals surface area contributed by atoms with E-state index in [0.29, 0.717) is 18.8 Å². The zero-order valence-corrected chi connectivity index (χ0v) is 11.4. The third-order valence-electron chi connectivity index (χ3n) is 3.42. The number of carbonyl (C=O) groups is 1. The van der Waals surface area contributed by atoms with Crippen LogP contribution < -0.4 is 5.73 Å². The number of nitrogens with zero attached hydrogens (tertiary/aromatic N) is 2. The average molecular weight is 273 g/mol. The molecule has 106 valence electrons. The summed E-state index contributed by atoms with van der Waals surface area (Å²) in [5.41, 5.74) is 6.44. The number of piperidine rings is 1. The fourth-order valence-electron chi connectivity index (χ4n) is 2.35. The highest BCUT2D eigenvalue weighted by molar-refractivity contribution is 5.92. The van der Waals surface area contributed by atoms with Gasteiger partial charge in [-0.3, -0.25) is 4.79 Å². The van der Waals surface area contributed by atoms with Gasteiger partial charge in [-0.25, -0.2) is 4.98 Å². The number of aromatic nitrogens is 1. The van der Waals surface area contributed by atoms with Gasteiger partial charge in [-0.2, -0.15) is 0 Å². The van der Waals surface area contributed by atoms with Gasteiger partial charge in [-0.05, 0) is 31.4 Å². The van der Waals surface area contributed by atoms with E-state index >= 15 is 0 Å². The predicted octanol–water partition coefficient (Wildman–Crippen LogP) is 0.379. The molecule has 0 spiro atoms. The summed E-state index contributed by atoms with van der Waals surface area (Å²) >= 11 is 0. The van der Waals surface area contributed by atoms with Gasteiger partial charge in [-0.1, -0.05) is 11.8 Å². The Morgan fingerprint density at radius 1 is 1.50 bits per heavy atom. The molecule has 0 saturated carbocycles. The molecule has 0 radical (unpaired) electrons. The van der Waals surface area contributed by atoms with E-state index in [0.717, 1.165) is 24.8 Å². The molecule has 1 aromatic heterocycles. The predicted molar refractivity (Wildman–Crippen MR) is 75.9 cm³/mol. The molecule has 2 rings (SSSR count). The van der Waals surface area contributed by atoms with Crippen molar-refractivity contribution in [2.75, 3.05) is 19.7 Å². The summed E-state index contributed by atoms with van der Waals surface area (Å²) in [4.78, 5) is 18.3. The highest BCUT2D eigenvalue weighted by Gasteiger charge is 2.27. The number of hydrogen-bond donors (Lipinski definition) is 2. The van der Waals surface area contributed by atoms with E-state index in [-0.39, 0.29) is 18.6 Å². The van der Waals surface area contributed by atoms with E-state index in [4.69, 9.17) is 5.73 Å². The Morgan fingerprint density at radius 3 is 3.00 bits per heavy atom. The number of aliphatic hydroxyl groups excluding tert-OH is 1. The lowest BCUT2D eigenvalue weighted by atomic mass is 10.0. The van der Waals surface area contributed by atoms with Crippen LogP contribution in [0.4, 0.5) is 0 Å². The van der Waals surface area contributed by atoms with Crippen molar-refractivity contribution in [3.05, 3.63) is 29.6 Å². The van der Waals surface area contributed by atoms with Crippen LogP contribution in [0, 0.1) is 11.8 Å². The maximum Gasteiger partial charge on any atom is 0.272 e. The number of pyridine rings is 1. The molecule has 5 nitrogen and oxygen atoms in total. The molecule has 5 heteroatoms. The molecule has 1 amide bonds. The maximum atomic E-state index is 12.4. The second kappa shape index (κ2) is 7.04. The highest BCUT2D eigenvalue weighted by atomic mass is 16.3. The number of aliphatic hydroxyl groups is 1. The largest absolute Gasteiger partial charge is 0.394 e. The fraction of sp³-hybridized carbons (Fsp3) is 0.467. The van der Waals surface area contributed by atoms with Crippen molar-refractivity contribution in [2.45, 2.75) is 25.3 Å². The van der Waals surface area contributed by atoms with E-state index < -0.39 is 0 Å². The molecule has 1 atom stereocenters. The van der Waals surface area contributed by atoms with Gasteiger partial charge in [-0.15, -0.1) is 0 Å². The normalized spacial score (nSPS) is 18.3. The van der Waals surface area contributed by atoms with Crippen LogP contribution >= 0.6 is 0 Å². The van der Waals surface area contributed by atoms with Crippen LogP contribution in [0.25, 0.3) is 0 Å². The summed E-state index contributed by atoms with van der Waals surface area (Å²) in [6, 6.07) is 3.35. The third-order valence-corrected chi connectivity index (χ3v) is 3.42. The van der Waals surface area contributed by atoms with Gasteiger partial charge in [0.1, 0.15) is 5.69 Å². The second-order valence-corrected chi connectivity index (χ2v) is 4.77. The fourth-order valence-corrected chi connectivity index (χ4v) is 2.35. The van der Waals surface area contributed by atoms with Crippen molar-refractivity contribution in [2.24, 2.45) is 5.73 Å². The first-order valence-corrected chi connectivity index (χ1v) is 6.83. The van der Waals surface area contributed by atoms with Gasteiger partial charge in [0, 0.05) is 18.3 Å². The van der Waals surface area contributed by atoms with Crippen molar-refractivity contribution in [3.8, 4) is 11.8 Å². The van der Waals surface area contributed by atoms with Crippen LogP contribution in [0.5, 0.6) is 0 Å². The van der Waals surface area contributed by atoms with Crippen LogP contribution in [0.2, 0.25) is 0 Å². The molecule has 1 aliphatic heterocycles. The number of amides is 1. The summed E-state index contributed by atoms with van der Waals surface area (Å²) in [7, 11) is 0. The van der Waals surface area contributed by atoms with E-state index in [1.165, 1.54) is 0 Å². The topological polar surface area (TPSA) is 79.5 Å². The minimum Gasteiger partial charge on any atom is -0.394 e. The van der Waals surface area contributed by atoms with Gasteiger partial charge in [0.2, 0.25) is 0 Å². The molecule has 0 aliphatic carbocycles. The third kappa shape index (κ3) is 3.35. The number of rotatable bonds is 2. The zero-order chi connectivity index (χ0) is 14.4. The maximum absolute atomic E-state index is 12.4. The van der Waals surface area contributed by atoms with Crippen molar-refractivity contribution in [1.82, 2.24) is 9.88 Å². The van der Waals surface area contributed by atoms with E-state index in [9.17, 15) is 9.90 Å². The van der Waals surface area contributed by atoms with Crippen LogP contribution in [0.1, 0.15) is 35.3 Å². The van der Waals surface area contributed by atoms with Gasteiger partial charge >= 0.3 is 0 Å². The summed E-state index contributed by atoms with van der Waals surface area (Å²) in [6.07, 6.45) is 4.45. The first kappa shape index (κ1) is 14.5. The average Bonchev–Trinajstić information content (AvgIpc) is 2.52. The molecule has 2 heterocycles. The Balaban J connectivity index is 2.12. The van der Waals surface area contributed by atoms with Crippen molar-refractivity contribution in [1.29, 1.82) is 0 Å². The SMILES string of the molecule is NCC#Cc1ccc(C(=O)N2CCCCC2CO)nc1. The molecular formula is C15H19N3O2. The Hall–Kier alpha value is -1.90. The van der Waals surface area contributed by atoms with Gasteiger partial charge in [0.15, 0.2) is 0 Å². The lowest BCUT2D eigenvalue weighted by Crippen LogP contribution is -2.45. The molecule has 1 fully saturated rings. The van der Waals surface area contributed by atoms with Gasteiger partial charge in [0.05, 0.1) is 19.2 Å². The molecule has 3 N–H and O–H groups in total. The molecular weight excluding hydrogens is 254 g/mol. The Kier molecular flexibility index (Phi) is 5.10. The van der Waals surface area contributed by atoms with E-state index in [2.05, 4.69) is 16.8 Å². The van der Waals surface area contributed by atoms with Gasteiger partial charge in [0.25, 0.3) is 5.91 Å². The number of nitrogens with two attached hydrogens (primary N) is 1. The van der Waals surface area contributed by atoms with Crippen LogP contribution in [0.3, 0.4) is 0 Å². The monoisotopic (exact) mass is 273 g/mol. The summed E-state index contributed by atoms with van der Waals surface area (Å²) < 4.78 is 0. The van der Waals surface area contributed by atoms with Crippen LogP contribution in [-0.4, -0.2) is 46.6 Å². The standard InChI is InChI=1S/C15H19N3O2/c16-8-3-4-12-6-7-14(17-10-12)15(20)18-9-2-1-5-13(18)11-19/h6-7,10,13,19H,1-2,5,8-9,11,16H2. The zero-order valence-electron chi connectivity index (χ0n) is 11.4. The van der Waals surface area contributed by atoms with Crippen LogP contribution in [0.15, 0.2) is 18.3 Å². The molecule has 1 unspecified atom stereocenters. The molecule has 0 bridgehead atoms. The first-order valence-electron chi connectivity index (χ1n) is 6.83. The lowest BCUT2D eigenvalue weighted by molar-refractivity contribution is 0.0497.